The highest BCUT2D eigenvalue weighted by Gasteiger charge is 2.02. The Balaban J connectivity index is 2.06. The zero-order valence-electron chi connectivity index (χ0n) is 9.55. The summed E-state index contributed by atoms with van der Waals surface area (Å²) in [6.45, 7) is 0.459. The molecule has 2 rings (SSSR count). The fraction of sp³-hybridized carbons (Fsp3) is 0.167. The van der Waals surface area contributed by atoms with Gasteiger partial charge >= 0.3 is 0 Å². The fourth-order valence-corrected chi connectivity index (χ4v) is 1.38. The van der Waals surface area contributed by atoms with Crippen LogP contribution < -0.4 is 15.8 Å². The summed E-state index contributed by atoms with van der Waals surface area (Å²) in [5, 5.41) is 2.90. The maximum absolute atomic E-state index is 5.56. The molecule has 3 N–H and O–H groups in total. The molecular weight excluding hydrogens is 216 g/mol. The average molecular weight is 230 g/mol. The molecule has 0 amide bonds. The summed E-state index contributed by atoms with van der Waals surface area (Å²) in [6.07, 6.45) is 0. The molecule has 0 atom stereocenters. The van der Waals surface area contributed by atoms with Crippen LogP contribution in [-0.2, 0) is 6.61 Å². The van der Waals surface area contributed by atoms with Crippen LogP contribution in [-0.4, -0.2) is 17.0 Å². The quantitative estimate of drug-likeness (QED) is 0.836. The Morgan fingerprint density at radius 1 is 1.24 bits per heavy atom. The number of nitrogen functional groups attached to an aromatic ring is 1. The zero-order chi connectivity index (χ0) is 12.1. The summed E-state index contributed by atoms with van der Waals surface area (Å²) in [5.74, 6) is 1.30. The van der Waals surface area contributed by atoms with Gasteiger partial charge in [-0.05, 0) is 5.56 Å². The van der Waals surface area contributed by atoms with E-state index in [1.165, 1.54) is 0 Å². The molecule has 1 aromatic heterocycles. The highest BCUT2D eigenvalue weighted by molar-refractivity contribution is 5.42. The molecule has 1 heterocycles. The van der Waals surface area contributed by atoms with Crippen LogP contribution in [0.1, 0.15) is 5.56 Å². The number of benzene rings is 1. The van der Waals surface area contributed by atoms with Gasteiger partial charge in [0.05, 0.1) is 0 Å². The van der Waals surface area contributed by atoms with Gasteiger partial charge in [0.25, 0.3) is 0 Å². The summed E-state index contributed by atoms with van der Waals surface area (Å²) in [6, 6.07) is 11.6. The molecule has 2 aromatic rings. The first kappa shape index (κ1) is 11.2. The van der Waals surface area contributed by atoms with Crippen molar-refractivity contribution in [2.45, 2.75) is 6.61 Å². The summed E-state index contributed by atoms with van der Waals surface area (Å²) < 4.78 is 5.54. The zero-order valence-corrected chi connectivity index (χ0v) is 9.55. The molecule has 0 radical (unpaired) electrons. The van der Waals surface area contributed by atoms with Crippen molar-refractivity contribution in [3.05, 3.63) is 42.0 Å². The lowest BCUT2D eigenvalue weighted by Gasteiger charge is -2.07. The normalized spacial score (nSPS) is 9.94. The highest BCUT2D eigenvalue weighted by atomic mass is 16.5. The predicted octanol–water partition coefficient (Wildman–Crippen LogP) is 1.68. The predicted molar refractivity (Wildman–Crippen MR) is 66.8 cm³/mol. The molecule has 0 spiro atoms. The number of aromatic nitrogens is 2. The Morgan fingerprint density at radius 3 is 2.71 bits per heavy atom. The Hall–Kier alpha value is -2.30. The van der Waals surface area contributed by atoms with Crippen LogP contribution in [0.5, 0.6) is 5.88 Å². The SMILES string of the molecule is CNc1cc(OCc2ccccc2)nc(N)n1. The van der Waals surface area contributed by atoms with E-state index in [0.29, 0.717) is 18.3 Å². The van der Waals surface area contributed by atoms with Crippen molar-refractivity contribution < 1.29 is 4.74 Å². The van der Waals surface area contributed by atoms with Crippen LogP contribution in [0.2, 0.25) is 0 Å². The lowest BCUT2D eigenvalue weighted by atomic mass is 10.2. The van der Waals surface area contributed by atoms with Gasteiger partial charge in [0.2, 0.25) is 11.8 Å². The molecule has 17 heavy (non-hydrogen) atoms. The Morgan fingerprint density at radius 2 is 2.00 bits per heavy atom. The Kier molecular flexibility index (Phi) is 3.40. The maximum Gasteiger partial charge on any atom is 0.225 e. The smallest absolute Gasteiger partial charge is 0.225 e. The lowest BCUT2D eigenvalue weighted by molar-refractivity contribution is 0.294. The van der Waals surface area contributed by atoms with Gasteiger partial charge in [0.15, 0.2) is 0 Å². The molecule has 0 fully saturated rings. The van der Waals surface area contributed by atoms with Crippen molar-refractivity contribution >= 4 is 11.8 Å². The fourth-order valence-electron chi connectivity index (χ4n) is 1.38. The van der Waals surface area contributed by atoms with Crippen LogP contribution in [0, 0.1) is 0 Å². The monoisotopic (exact) mass is 230 g/mol. The van der Waals surface area contributed by atoms with Crippen LogP contribution in [0.3, 0.4) is 0 Å². The van der Waals surface area contributed by atoms with Crippen molar-refractivity contribution in [3.63, 3.8) is 0 Å². The molecule has 0 unspecified atom stereocenters. The average Bonchev–Trinajstić information content (AvgIpc) is 2.37. The van der Waals surface area contributed by atoms with Crippen molar-refractivity contribution in [2.24, 2.45) is 0 Å². The van der Waals surface area contributed by atoms with Crippen LogP contribution >= 0.6 is 0 Å². The molecule has 0 saturated carbocycles. The van der Waals surface area contributed by atoms with Gasteiger partial charge in [-0.1, -0.05) is 30.3 Å². The van der Waals surface area contributed by atoms with Gasteiger partial charge < -0.3 is 15.8 Å². The molecule has 5 nitrogen and oxygen atoms in total. The van der Waals surface area contributed by atoms with Crippen molar-refractivity contribution in [2.75, 3.05) is 18.1 Å². The van der Waals surface area contributed by atoms with Crippen molar-refractivity contribution in [1.29, 1.82) is 0 Å². The van der Waals surface area contributed by atoms with E-state index >= 15 is 0 Å². The number of nitrogens with one attached hydrogen (secondary N) is 1. The number of hydrogen-bond acceptors (Lipinski definition) is 5. The number of nitrogens with zero attached hydrogens (tertiary/aromatic N) is 2. The third kappa shape index (κ3) is 3.07. The number of rotatable bonds is 4. The van der Waals surface area contributed by atoms with E-state index in [9.17, 15) is 0 Å². The number of hydrogen-bond donors (Lipinski definition) is 2. The van der Waals surface area contributed by atoms with Crippen LogP contribution in [0.15, 0.2) is 36.4 Å². The lowest BCUT2D eigenvalue weighted by Crippen LogP contribution is -2.03. The topological polar surface area (TPSA) is 73.1 Å². The molecular formula is C12H14N4O. The van der Waals surface area contributed by atoms with Gasteiger partial charge in [0, 0.05) is 13.1 Å². The first-order valence-electron chi connectivity index (χ1n) is 5.27. The second kappa shape index (κ2) is 5.16. The maximum atomic E-state index is 5.56. The second-order valence-corrected chi connectivity index (χ2v) is 3.47. The number of nitrogens with two attached hydrogens (primary N) is 1. The summed E-state index contributed by atoms with van der Waals surface area (Å²) in [5.41, 5.74) is 6.64. The molecule has 0 aliphatic carbocycles. The first-order chi connectivity index (χ1) is 8.28. The Labute approximate surface area is 99.7 Å². The molecule has 1 aromatic carbocycles. The van der Waals surface area contributed by atoms with Gasteiger partial charge in [-0.15, -0.1) is 0 Å². The largest absolute Gasteiger partial charge is 0.473 e. The summed E-state index contributed by atoms with van der Waals surface area (Å²) in [4.78, 5) is 7.98. The van der Waals surface area contributed by atoms with Gasteiger partial charge in [0.1, 0.15) is 12.4 Å². The molecule has 88 valence electrons. The minimum atomic E-state index is 0.194. The third-order valence-electron chi connectivity index (χ3n) is 2.21. The molecule has 5 heteroatoms. The van der Waals surface area contributed by atoms with Crippen LogP contribution in [0.4, 0.5) is 11.8 Å². The summed E-state index contributed by atoms with van der Waals surface area (Å²) in [7, 11) is 1.77. The van der Waals surface area contributed by atoms with E-state index < -0.39 is 0 Å². The molecule has 0 bridgehead atoms. The van der Waals surface area contributed by atoms with E-state index in [1.54, 1.807) is 13.1 Å². The standard InChI is InChI=1S/C12H14N4O/c1-14-10-7-11(16-12(13)15-10)17-8-9-5-3-2-4-6-9/h2-7H,8H2,1H3,(H3,13,14,15,16). The van der Waals surface area contributed by atoms with Crippen LogP contribution in [0.25, 0.3) is 0 Å². The minimum Gasteiger partial charge on any atom is -0.473 e. The summed E-state index contributed by atoms with van der Waals surface area (Å²) >= 11 is 0. The number of ether oxygens (including phenoxy) is 1. The van der Waals surface area contributed by atoms with E-state index in [1.807, 2.05) is 30.3 Å². The number of anilines is 2. The van der Waals surface area contributed by atoms with Crippen molar-refractivity contribution in [1.82, 2.24) is 9.97 Å². The second-order valence-electron chi connectivity index (χ2n) is 3.47. The first-order valence-corrected chi connectivity index (χ1v) is 5.27. The minimum absolute atomic E-state index is 0.194. The van der Waals surface area contributed by atoms with Gasteiger partial charge in [-0.3, -0.25) is 0 Å². The third-order valence-corrected chi connectivity index (χ3v) is 2.21. The van der Waals surface area contributed by atoms with E-state index in [0.717, 1.165) is 5.56 Å². The van der Waals surface area contributed by atoms with E-state index in [2.05, 4.69) is 15.3 Å². The highest BCUT2D eigenvalue weighted by Crippen LogP contribution is 2.15. The Bertz CT molecular complexity index is 487. The molecule has 0 saturated heterocycles. The van der Waals surface area contributed by atoms with Gasteiger partial charge in [-0.25, -0.2) is 0 Å². The van der Waals surface area contributed by atoms with E-state index in [4.69, 9.17) is 10.5 Å². The molecule has 0 aliphatic rings. The molecule has 0 aliphatic heterocycles. The van der Waals surface area contributed by atoms with E-state index in [-0.39, 0.29) is 5.95 Å². The van der Waals surface area contributed by atoms with Gasteiger partial charge in [-0.2, -0.15) is 9.97 Å². The van der Waals surface area contributed by atoms with Crippen molar-refractivity contribution in [3.8, 4) is 5.88 Å².